The van der Waals surface area contributed by atoms with E-state index in [-0.39, 0.29) is 11.9 Å². The highest BCUT2D eigenvalue weighted by Crippen LogP contribution is 2.27. The molecule has 4 rings (SSSR count). The number of amides is 1. The van der Waals surface area contributed by atoms with Crippen LogP contribution >= 0.6 is 0 Å². The molecular formula is C24H29N5O. The van der Waals surface area contributed by atoms with Gasteiger partial charge < -0.3 is 16.0 Å². The van der Waals surface area contributed by atoms with Gasteiger partial charge in [-0.15, -0.1) is 0 Å². The summed E-state index contributed by atoms with van der Waals surface area (Å²) in [5.41, 5.74) is 8.31. The Bertz CT molecular complexity index is 964. The maximum absolute atomic E-state index is 12.3. The molecule has 0 saturated carbocycles. The van der Waals surface area contributed by atoms with E-state index in [9.17, 15) is 4.79 Å². The number of anilines is 1. The molecule has 0 radical (unpaired) electrons. The van der Waals surface area contributed by atoms with Crippen LogP contribution in [0.3, 0.4) is 0 Å². The standard InChI is InChI=1S/C24H29N5O/c25-20(14-18-6-2-1-3-7-18)15-23(30)26-16-19-10-12-29(13-11-19)24-21-8-4-5-9-22(21)27-17-28-24/h1-9,17,19-20H,10-16,25H2,(H,26,30). The van der Waals surface area contributed by atoms with Crippen molar-refractivity contribution in [3.05, 3.63) is 66.5 Å². The zero-order chi connectivity index (χ0) is 20.8. The first-order chi connectivity index (χ1) is 14.7. The van der Waals surface area contributed by atoms with E-state index in [1.165, 1.54) is 5.56 Å². The van der Waals surface area contributed by atoms with Crippen molar-refractivity contribution in [1.82, 2.24) is 15.3 Å². The van der Waals surface area contributed by atoms with Crippen LogP contribution in [0.4, 0.5) is 5.82 Å². The molecule has 3 aromatic rings. The van der Waals surface area contributed by atoms with Gasteiger partial charge in [0.1, 0.15) is 12.1 Å². The lowest BCUT2D eigenvalue weighted by atomic mass is 9.96. The van der Waals surface area contributed by atoms with Crippen LogP contribution in [0.25, 0.3) is 10.9 Å². The second-order valence-corrected chi connectivity index (χ2v) is 8.10. The van der Waals surface area contributed by atoms with E-state index in [4.69, 9.17) is 5.73 Å². The molecule has 0 bridgehead atoms. The molecule has 3 N–H and O–H groups in total. The van der Waals surface area contributed by atoms with Crippen molar-refractivity contribution in [2.45, 2.75) is 31.7 Å². The molecule has 1 atom stereocenters. The van der Waals surface area contributed by atoms with E-state index >= 15 is 0 Å². The smallest absolute Gasteiger partial charge is 0.221 e. The maximum Gasteiger partial charge on any atom is 0.221 e. The van der Waals surface area contributed by atoms with Crippen molar-refractivity contribution in [3.63, 3.8) is 0 Å². The molecule has 2 aromatic carbocycles. The number of fused-ring (bicyclic) bond motifs is 1. The van der Waals surface area contributed by atoms with Crippen molar-refractivity contribution in [2.75, 3.05) is 24.5 Å². The first-order valence-corrected chi connectivity index (χ1v) is 10.7. The Labute approximate surface area is 177 Å². The number of benzene rings is 2. The van der Waals surface area contributed by atoms with Crippen molar-refractivity contribution in [2.24, 2.45) is 11.7 Å². The summed E-state index contributed by atoms with van der Waals surface area (Å²) < 4.78 is 0. The number of nitrogens with two attached hydrogens (primary N) is 1. The maximum atomic E-state index is 12.3. The molecule has 1 unspecified atom stereocenters. The van der Waals surface area contributed by atoms with Crippen LogP contribution < -0.4 is 16.0 Å². The normalized spacial score (nSPS) is 15.8. The molecule has 1 aromatic heterocycles. The number of carbonyl (C=O) groups excluding carboxylic acids is 1. The Hall–Kier alpha value is -2.99. The third kappa shape index (κ3) is 5.13. The molecule has 0 aliphatic carbocycles. The van der Waals surface area contributed by atoms with Gasteiger partial charge in [-0.1, -0.05) is 42.5 Å². The largest absolute Gasteiger partial charge is 0.356 e. The minimum absolute atomic E-state index is 0.0441. The summed E-state index contributed by atoms with van der Waals surface area (Å²) >= 11 is 0. The number of nitrogens with zero attached hydrogens (tertiary/aromatic N) is 3. The van der Waals surface area contributed by atoms with Gasteiger partial charge in [-0.05, 0) is 42.9 Å². The lowest BCUT2D eigenvalue weighted by Gasteiger charge is -2.33. The van der Waals surface area contributed by atoms with Gasteiger partial charge in [0.25, 0.3) is 0 Å². The van der Waals surface area contributed by atoms with Crippen LogP contribution in [0.5, 0.6) is 0 Å². The van der Waals surface area contributed by atoms with Gasteiger partial charge in [0.05, 0.1) is 5.52 Å². The van der Waals surface area contributed by atoms with Crippen LogP contribution in [0.1, 0.15) is 24.8 Å². The predicted octanol–water partition coefficient (Wildman–Crippen LogP) is 2.92. The molecule has 0 spiro atoms. The van der Waals surface area contributed by atoms with Gasteiger partial charge in [-0.25, -0.2) is 9.97 Å². The van der Waals surface area contributed by atoms with Crippen molar-refractivity contribution in [3.8, 4) is 0 Å². The highest BCUT2D eigenvalue weighted by Gasteiger charge is 2.22. The van der Waals surface area contributed by atoms with E-state index in [2.05, 4.69) is 26.3 Å². The van der Waals surface area contributed by atoms with Crippen LogP contribution in [0.15, 0.2) is 60.9 Å². The SMILES string of the molecule is NC(CC(=O)NCC1CCN(c2ncnc3ccccc23)CC1)Cc1ccccc1. The van der Waals surface area contributed by atoms with E-state index in [0.717, 1.165) is 55.6 Å². The number of rotatable bonds is 7. The number of hydrogen-bond donors (Lipinski definition) is 2. The first kappa shape index (κ1) is 20.3. The monoisotopic (exact) mass is 403 g/mol. The zero-order valence-corrected chi connectivity index (χ0v) is 17.2. The van der Waals surface area contributed by atoms with E-state index in [0.29, 0.717) is 12.3 Å². The summed E-state index contributed by atoms with van der Waals surface area (Å²) in [5.74, 6) is 1.54. The molecular weight excluding hydrogens is 374 g/mol. The fourth-order valence-electron chi connectivity index (χ4n) is 4.15. The zero-order valence-electron chi connectivity index (χ0n) is 17.2. The van der Waals surface area contributed by atoms with Gasteiger partial charge in [0.15, 0.2) is 0 Å². The molecule has 1 saturated heterocycles. The highest BCUT2D eigenvalue weighted by atomic mass is 16.1. The first-order valence-electron chi connectivity index (χ1n) is 10.7. The van der Waals surface area contributed by atoms with Gasteiger partial charge >= 0.3 is 0 Å². The second kappa shape index (κ2) is 9.67. The lowest BCUT2D eigenvalue weighted by Crippen LogP contribution is -2.40. The number of piperidine rings is 1. The molecule has 6 nitrogen and oxygen atoms in total. The third-order valence-electron chi connectivity index (χ3n) is 5.81. The Balaban J connectivity index is 1.22. The molecule has 2 heterocycles. The third-order valence-corrected chi connectivity index (χ3v) is 5.81. The number of nitrogens with one attached hydrogen (secondary N) is 1. The molecule has 1 aliphatic rings. The summed E-state index contributed by atoms with van der Waals surface area (Å²) in [6, 6.07) is 18.1. The Morgan fingerprint density at radius 3 is 2.60 bits per heavy atom. The van der Waals surface area contributed by atoms with Crippen LogP contribution in [0.2, 0.25) is 0 Å². The summed E-state index contributed by atoms with van der Waals surface area (Å²) in [6.45, 7) is 2.60. The molecule has 1 amide bonds. The topological polar surface area (TPSA) is 84.1 Å². The summed E-state index contributed by atoms with van der Waals surface area (Å²) in [7, 11) is 0. The van der Waals surface area contributed by atoms with Crippen molar-refractivity contribution in [1.29, 1.82) is 0 Å². The molecule has 1 fully saturated rings. The fraction of sp³-hybridized carbons (Fsp3) is 0.375. The highest BCUT2D eigenvalue weighted by molar-refractivity contribution is 5.89. The average Bonchev–Trinajstić information content (AvgIpc) is 2.78. The second-order valence-electron chi connectivity index (χ2n) is 8.10. The van der Waals surface area contributed by atoms with Crippen LogP contribution in [-0.2, 0) is 11.2 Å². The van der Waals surface area contributed by atoms with E-state index in [1.807, 2.05) is 48.5 Å². The Morgan fingerprint density at radius 1 is 1.07 bits per heavy atom. The van der Waals surface area contributed by atoms with E-state index < -0.39 is 0 Å². The van der Waals surface area contributed by atoms with Gasteiger partial charge in [0, 0.05) is 37.5 Å². The Kier molecular flexibility index (Phi) is 6.54. The summed E-state index contributed by atoms with van der Waals surface area (Å²) in [4.78, 5) is 23.5. The minimum Gasteiger partial charge on any atom is -0.356 e. The summed E-state index contributed by atoms with van der Waals surface area (Å²) in [5, 5.41) is 4.19. The molecule has 6 heteroatoms. The number of carbonyl (C=O) groups is 1. The van der Waals surface area contributed by atoms with Gasteiger partial charge in [-0.3, -0.25) is 4.79 Å². The Morgan fingerprint density at radius 2 is 1.80 bits per heavy atom. The predicted molar refractivity (Wildman–Crippen MR) is 120 cm³/mol. The van der Waals surface area contributed by atoms with Crippen LogP contribution in [-0.4, -0.2) is 41.6 Å². The van der Waals surface area contributed by atoms with Gasteiger partial charge in [-0.2, -0.15) is 0 Å². The fourth-order valence-corrected chi connectivity index (χ4v) is 4.15. The molecule has 30 heavy (non-hydrogen) atoms. The van der Waals surface area contributed by atoms with E-state index in [1.54, 1.807) is 6.33 Å². The van der Waals surface area contributed by atoms with Gasteiger partial charge in [0.2, 0.25) is 5.91 Å². The summed E-state index contributed by atoms with van der Waals surface area (Å²) in [6.07, 6.45) is 4.80. The van der Waals surface area contributed by atoms with Crippen molar-refractivity contribution >= 4 is 22.6 Å². The minimum atomic E-state index is -0.153. The van der Waals surface area contributed by atoms with Crippen molar-refractivity contribution < 1.29 is 4.79 Å². The lowest BCUT2D eigenvalue weighted by molar-refractivity contribution is -0.121. The number of aromatic nitrogens is 2. The number of hydrogen-bond acceptors (Lipinski definition) is 5. The average molecular weight is 404 g/mol. The quantitative estimate of drug-likeness (QED) is 0.634. The molecule has 1 aliphatic heterocycles. The number of para-hydroxylation sites is 1. The molecule has 156 valence electrons. The van der Waals surface area contributed by atoms with Crippen LogP contribution in [0, 0.1) is 5.92 Å².